The zero-order valence-corrected chi connectivity index (χ0v) is 12.4. The van der Waals surface area contributed by atoms with Crippen molar-refractivity contribution in [3.63, 3.8) is 0 Å². The fraction of sp³-hybridized carbons (Fsp3) is 0.500. The zero-order valence-electron chi connectivity index (χ0n) is 12.4. The van der Waals surface area contributed by atoms with Crippen molar-refractivity contribution < 1.29 is 8.91 Å². The van der Waals surface area contributed by atoms with Gasteiger partial charge in [-0.05, 0) is 44.0 Å². The van der Waals surface area contributed by atoms with E-state index in [9.17, 15) is 4.39 Å². The smallest absolute Gasteiger partial charge is 0.232 e. The van der Waals surface area contributed by atoms with Gasteiger partial charge in [-0.25, -0.2) is 4.39 Å². The molecule has 1 atom stereocenters. The fourth-order valence-corrected chi connectivity index (χ4v) is 2.87. The Morgan fingerprint density at radius 1 is 1.38 bits per heavy atom. The molecule has 0 saturated carbocycles. The molecule has 1 N–H and O–H groups in total. The summed E-state index contributed by atoms with van der Waals surface area (Å²) in [5, 5.41) is 7.43. The molecule has 5 heteroatoms. The molecule has 1 aliphatic rings. The van der Waals surface area contributed by atoms with E-state index >= 15 is 0 Å². The fourth-order valence-electron chi connectivity index (χ4n) is 2.87. The number of rotatable bonds is 3. The van der Waals surface area contributed by atoms with Crippen LogP contribution in [0.15, 0.2) is 28.8 Å². The van der Waals surface area contributed by atoms with Crippen molar-refractivity contribution >= 4 is 0 Å². The molecule has 1 aromatic heterocycles. The van der Waals surface area contributed by atoms with Crippen molar-refractivity contribution in [1.82, 2.24) is 15.5 Å². The third-order valence-electron chi connectivity index (χ3n) is 4.38. The second kappa shape index (κ2) is 5.56. The van der Waals surface area contributed by atoms with Gasteiger partial charge in [0.2, 0.25) is 11.7 Å². The molecule has 0 radical (unpaired) electrons. The Bertz CT molecular complexity index is 617. The maximum Gasteiger partial charge on any atom is 0.232 e. The predicted molar refractivity (Wildman–Crippen MR) is 78.3 cm³/mol. The largest absolute Gasteiger partial charge is 0.338 e. The van der Waals surface area contributed by atoms with Crippen molar-refractivity contribution in [3.8, 4) is 11.4 Å². The van der Waals surface area contributed by atoms with Crippen LogP contribution in [0.4, 0.5) is 4.39 Å². The molecule has 2 aromatic rings. The zero-order chi connectivity index (χ0) is 14.9. The summed E-state index contributed by atoms with van der Waals surface area (Å²) in [6, 6.07) is 6.26. The Kier molecular flexibility index (Phi) is 3.76. The van der Waals surface area contributed by atoms with Gasteiger partial charge in [-0.2, -0.15) is 4.98 Å². The molecule has 1 unspecified atom stereocenters. The summed E-state index contributed by atoms with van der Waals surface area (Å²) in [5.74, 6) is 1.23. The summed E-state index contributed by atoms with van der Waals surface area (Å²) >= 11 is 0. The molecule has 3 rings (SSSR count). The number of benzene rings is 1. The van der Waals surface area contributed by atoms with Crippen LogP contribution in [-0.2, 0) is 5.41 Å². The van der Waals surface area contributed by atoms with Crippen molar-refractivity contribution in [1.29, 1.82) is 0 Å². The second-order valence-corrected chi connectivity index (χ2v) is 6.20. The Morgan fingerprint density at radius 3 is 2.95 bits per heavy atom. The van der Waals surface area contributed by atoms with E-state index in [0.29, 0.717) is 23.2 Å². The van der Waals surface area contributed by atoms with Crippen molar-refractivity contribution in [3.05, 3.63) is 36.0 Å². The van der Waals surface area contributed by atoms with Crippen LogP contribution in [0.25, 0.3) is 11.4 Å². The average Bonchev–Trinajstić information content (AvgIpc) is 2.99. The lowest BCUT2D eigenvalue weighted by Crippen LogP contribution is -2.40. The van der Waals surface area contributed by atoms with Gasteiger partial charge < -0.3 is 9.84 Å². The number of aromatic nitrogens is 2. The van der Waals surface area contributed by atoms with Crippen LogP contribution in [0.3, 0.4) is 0 Å². The maximum absolute atomic E-state index is 13.3. The molecule has 21 heavy (non-hydrogen) atoms. The Balaban J connectivity index is 1.86. The van der Waals surface area contributed by atoms with Gasteiger partial charge in [0.15, 0.2) is 0 Å². The van der Waals surface area contributed by atoms with E-state index in [1.807, 2.05) is 0 Å². The summed E-state index contributed by atoms with van der Waals surface area (Å²) in [6.07, 6.45) is 2.32. The number of nitrogens with one attached hydrogen (secondary N) is 1. The predicted octanol–water partition coefficient (Wildman–Crippen LogP) is 3.15. The summed E-state index contributed by atoms with van der Waals surface area (Å²) < 4.78 is 18.8. The molecule has 1 fully saturated rings. The molecular weight excluding hydrogens is 269 g/mol. The lowest BCUT2D eigenvalue weighted by atomic mass is 9.75. The van der Waals surface area contributed by atoms with E-state index in [1.165, 1.54) is 18.6 Å². The molecule has 0 bridgehead atoms. The monoisotopic (exact) mass is 289 g/mol. The highest BCUT2D eigenvalue weighted by molar-refractivity contribution is 5.54. The standard InChI is InChI=1S/C16H20FN3O/c1-16(2,12-6-4-8-18-10-12)15-19-14(20-21-15)11-5-3-7-13(17)9-11/h3,5,7,9,12,18H,4,6,8,10H2,1-2H3. The molecule has 0 spiro atoms. The molecule has 1 aromatic carbocycles. The number of piperidine rings is 1. The Morgan fingerprint density at radius 2 is 2.24 bits per heavy atom. The Hall–Kier alpha value is -1.75. The molecular formula is C16H20FN3O. The van der Waals surface area contributed by atoms with Gasteiger partial charge in [0.25, 0.3) is 0 Å². The molecule has 1 saturated heterocycles. The molecule has 1 aliphatic heterocycles. The van der Waals surface area contributed by atoms with Gasteiger partial charge in [0.05, 0.1) is 0 Å². The van der Waals surface area contributed by atoms with E-state index in [1.54, 1.807) is 12.1 Å². The van der Waals surface area contributed by atoms with Crippen molar-refractivity contribution in [2.45, 2.75) is 32.1 Å². The van der Waals surface area contributed by atoms with Crippen LogP contribution in [-0.4, -0.2) is 23.2 Å². The van der Waals surface area contributed by atoms with Crippen LogP contribution in [0.5, 0.6) is 0 Å². The molecule has 0 aliphatic carbocycles. The molecule has 2 heterocycles. The highest BCUT2D eigenvalue weighted by atomic mass is 19.1. The summed E-state index contributed by atoms with van der Waals surface area (Å²) in [4.78, 5) is 4.50. The van der Waals surface area contributed by atoms with Crippen LogP contribution < -0.4 is 5.32 Å². The maximum atomic E-state index is 13.3. The number of nitrogens with zero attached hydrogens (tertiary/aromatic N) is 2. The van der Waals surface area contributed by atoms with Crippen LogP contribution in [0, 0.1) is 11.7 Å². The van der Waals surface area contributed by atoms with Crippen molar-refractivity contribution in [2.75, 3.05) is 13.1 Å². The minimum atomic E-state index is -0.297. The van der Waals surface area contributed by atoms with E-state index in [2.05, 4.69) is 29.3 Å². The van der Waals surface area contributed by atoms with Crippen LogP contribution in [0.1, 0.15) is 32.6 Å². The average molecular weight is 289 g/mol. The summed E-state index contributed by atoms with van der Waals surface area (Å²) in [7, 11) is 0. The first-order valence-corrected chi connectivity index (χ1v) is 7.38. The normalized spacial score (nSPS) is 19.7. The van der Waals surface area contributed by atoms with Gasteiger partial charge in [-0.3, -0.25) is 0 Å². The van der Waals surface area contributed by atoms with E-state index in [0.717, 1.165) is 19.5 Å². The highest BCUT2D eigenvalue weighted by Crippen LogP contribution is 2.35. The third-order valence-corrected chi connectivity index (χ3v) is 4.38. The summed E-state index contributed by atoms with van der Waals surface area (Å²) in [6.45, 7) is 6.30. The first-order valence-electron chi connectivity index (χ1n) is 7.38. The SMILES string of the molecule is CC(C)(c1nc(-c2cccc(F)c2)no1)C1CCCNC1. The summed E-state index contributed by atoms with van der Waals surface area (Å²) in [5.41, 5.74) is 0.453. The van der Waals surface area contributed by atoms with Gasteiger partial charge in [0, 0.05) is 11.0 Å². The van der Waals surface area contributed by atoms with E-state index < -0.39 is 0 Å². The number of hydrogen-bond acceptors (Lipinski definition) is 4. The molecule has 0 amide bonds. The minimum Gasteiger partial charge on any atom is -0.338 e. The third kappa shape index (κ3) is 2.83. The molecule has 4 nitrogen and oxygen atoms in total. The van der Waals surface area contributed by atoms with E-state index in [-0.39, 0.29) is 11.2 Å². The molecule has 112 valence electrons. The number of hydrogen-bond donors (Lipinski definition) is 1. The van der Waals surface area contributed by atoms with Gasteiger partial charge >= 0.3 is 0 Å². The van der Waals surface area contributed by atoms with Crippen LogP contribution >= 0.6 is 0 Å². The minimum absolute atomic E-state index is 0.188. The first kappa shape index (κ1) is 14.2. The quantitative estimate of drug-likeness (QED) is 0.943. The second-order valence-electron chi connectivity index (χ2n) is 6.20. The van der Waals surface area contributed by atoms with Crippen LogP contribution in [0.2, 0.25) is 0 Å². The van der Waals surface area contributed by atoms with Gasteiger partial charge in [0.1, 0.15) is 5.82 Å². The van der Waals surface area contributed by atoms with E-state index in [4.69, 9.17) is 4.52 Å². The Labute approximate surface area is 123 Å². The lowest BCUT2D eigenvalue weighted by molar-refractivity contribution is 0.196. The topological polar surface area (TPSA) is 51.0 Å². The van der Waals surface area contributed by atoms with Gasteiger partial charge in [-0.1, -0.05) is 31.1 Å². The van der Waals surface area contributed by atoms with Gasteiger partial charge in [-0.15, -0.1) is 0 Å². The lowest BCUT2D eigenvalue weighted by Gasteiger charge is -2.34. The number of halogens is 1. The first-order chi connectivity index (χ1) is 10.1. The highest BCUT2D eigenvalue weighted by Gasteiger charge is 2.37. The van der Waals surface area contributed by atoms with Crippen molar-refractivity contribution in [2.24, 2.45) is 5.92 Å².